The average molecular weight is 394 g/mol. The smallest absolute Gasteiger partial charge is 0.317 e. The minimum Gasteiger partial charge on any atom is -0.487 e. The monoisotopic (exact) mass is 393 g/mol. The van der Waals surface area contributed by atoms with Gasteiger partial charge >= 0.3 is 6.03 Å². The first-order chi connectivity index (χ1) is 11.6. The average Bonchev–Trinajstić information content (AvgIpc) is 3.05. The predicted molar refractivity (Wildman–Crippen MR) is 91.2 cm³/mol. The van der Waals surface area contributed by atoms with Crippen LogP contribution in [0.2, 0.25) is 0 Å². The Bertz CT molecular complexity index is 711. The summed E-state index contributed by atoms with van der Waals surface area (Å²) >= 11 is 3.40. The number of halogens is 2. The fourth-order valence-electron chi connectivity index (χ4n) is 2.54. The highest BCUT2D eigenvalue weighted by Crippen LogP contribution is 2.26. The molecule has 0 bridgehead atoms. The number of ether oxygens (including phenoxy) is 1. The molecule has 7 heteroatoms. The molecule has 5 nitrogen and oxygen atoms in total. The first kappa shape index (κ1) is 16.7. The van der Waals surface area contributed by atoms with Crippen LogP contribution in [0, 0.1) is 5.82 Å². The molecule has 3 rings (SSSR count). The van der Waals surface area contributed by atoms with Crippen LogP contribution >= 0.6 is 15.9 Å². The normalized spacial score (nSPS) is 16.9. The van der Waals surface area contributed by atoms with E-state index in [0.717, 1.165) is 22.2 Å². The molecule has 1 atom stereocenters. The van der Waals surface area contributed by atoms with Crippen LogP contribution in [-0.2, 0) is 6.54 Å². The van der Waals surface area contributed by atoms with Crippen LogP contribution in [0.3, 0.4) is 0 Å². The van der Waals surface area contributed by atoms with Gasteiger partial charge in [-0.2, -0.15) is 0 Å². The van der Waals surface area contributed by atoms with Crippen LogP contribution in [0.1, 0.15) is 12.0 Å². The zero-order valence-electron chi connectivity index (χ0n) is 12.9. The number of amides is 2. The number of nitrogens with one attached hydrogen (secondary N) is 1. The van der Waals surface area contributed by atoms with E-state index in [9.17, 15) is 9.18 Å². The van der Waals surface area contributed by atoms with Gasteiger partial charge in [-0.25, -0.2) is 9.18 Å². The quantitative estimate of drug-likeness (QED) is 0.866. The minimum absolute atomic E-state index is 0.0414. The van der Waals surface area contributed by atoms with Crippen LogP contribution in [0.4, 0.5) is 9.18 Å². The first-order valence-electron chi connectivity index (χ1n) is 7.65. The second kappa shape index (κ2) is 7.61. The topological polar surface area (TPSA) is 54.5 Å². The Morgan fingerprint density at radius 1 is 1.38 bits per heavy atom. The molecule has 1 unspecified atom stereocenters. The number of hydrogen-bond acceptors (Lipinski definition) is 3. The number of nitrogens with zero attached hydrogens (tertiary/aromatic N) is 2. The number of carbonyl (C=O) groups excluding carboxylic acids is 1. The third-order valence-corrected chi connectivity index (χ3v) is 4.41. The molecule has 2 aromatic rings. The lowest BCUT2D eigenvalue weighted by molar-refractivity contribution is 0.186. The van der Waals surface area contributed by atoms with Gasteiger partial charge < -0.3 is 15.0 Å². The summed E-state index contributed by atoms with van der Waals surface area (Å²) in [6.45, 7) is 1.55. The van der Waals surface area contributed by atoms with Gasteiger partial charge in [-0.05, 0) is 39.7 Å². The maximum Gasteiger partial charge on any atom is 0.317 e. The fraction of sp³-hybridized carbons (Fsp3) is 0.294. The van der Waals surface area contributed by atoms with E-state index in [1.165, 1.54) is 12.1 Å². The third-order valence-electron chi connectivity index (χ3n) is 3.82. The Morgan fingerprint density at radius 2 is 2.17 bits per heavy atom. The van der Waals surface area contributed by atoms with E-state index >= 15 is 0 Å². The Labute approximate surface area is 148 Å². The number of hydrogen-bond donors (Lipinski definition) is 1. The summed E-state index contributed by atoms with van der Waals surface area (Å²) in [6, 6.07) is 7.74. The van der Waals surface area contributed by atoms with Crippen molar-refractivity contribution in [3.05, 3.63) is 58.6 Å². The molecule has 24 heavy (non-hydrogen) atoms. The summed E-state index contributed by atoms with van der Waals surface area (Å²) in [5, 5.41) is 2.85. The second-order valence-corrected chi connectivity index (χ2v) is 6.42. The van der Waals surface area contributed by atoms with E-state index in [-0.39, 0.29) is 18.0 Å². The first-order valence-corrected chi connectivity index (χ1v) is 8.44. The van der Waals surface area contributed by atoms with Crippen molar-refractivity contribution in [3.63, 3.8) is 0 Å². The Balaban J connectivity index is 1.49. The molecule has 0 saturated carbocycles. The van der Waals surface area contributed by atoms with Crippen molar-refractivity contribution in [3.8, 4) is 5.75 Å². The molecule has 1 aliphatic rings. The molecule has 0 radical (unpaired) electrons. The summed E-state index contributed by atoms with van der Waals surface area (Å²) in [6.07, 6.45) is 4.08. The number of pyridine rings is 1. The van der Waals surface area contributed by atoms with Crippen molar-refractivity contribution in [2.24, 2.45) is 0 Å². The van der Waals surface area contributed by atoms with E-state index in [0.29, 0.717) is 19.6 Å². The number of urea groups is 1. The number of rotatable bonds is 4. The molecule has 1 aromatic carbocycles. The Kier molecular flexibility index (Phi) is 5.30. The Hall–Kier alpha value is -2.15. The predicted octanol–water partition coefficient (Wildman–Crippen LogP) is 3.35. The molecule has 1 N–H and O–H groups in total. The van der Waals surface area contributed by atoms with Gasteiger partial charge in [0.2, 0.25) is 0 Å². The summed E-state index contributed by atoms with van der Waals surface area (Å²) < 4.78 is 19.6. The van der Waals surface area contributed by atoms with Crippen molar-refractivity contribution in [1.29, 1.82) is 0 Å². The zero-order chi connectivity index (χ0) is 16.9. The maximum atomic E-state index is 12.9. The summed E-state index contributed by atoms with van der Waals surface area (Å²) in [5.74, 6) is 0.440. The molecular weight excluding hydrogens is 377 g/mol. The number of benzene rings is 1. The van der Waals surface area contributed by atoms with Crippen molar-refractivity contribution >= 4 is 22.0 Å². The summed E-state index contributed by atoms with van der Waals surface area (Å²) in [7, 11) is 0. The van der Waals surface area contributed by atoms with E-state index in [1.807, 2.05) is 0 Å². The van der Waals surface area contributed by atoms with Crippen molar-refractivity contribution in [2.75, 3.05) is 13.1 Å². The lowest BCUT2D eigenvalue weighted by atomic mass is 10.2. The minimum atomic E-state index is -0.285. The van der Waals surface area contributed by atoms with Gasteiger partial charge in [-0.15, -0.1) is 0 Å². The van der Waals surface area contributed by atoms with Gasteiger partial charge in [-0.1, -0.05) is 12.1 Å². The van der Waals surface area contributed by atoms with Crippen LogP contribution in [0.25, 0.3) is 0 Å². The van der Waals surface area contributed by atoms with Crippen molar-refractivity contribution in [2.45, 2.75) is 19.1 Å². The SMILES string of the molecule is O=C(NCc1ccc(F)cc1)N1CCC(Oc2ccncc2Br)C1. The van der Waals surface area contributed by atoms with Gasteiger partial charge in [0.05, 0.1) is 11.0 Å². The molecule has 2 heterocycles. The summed E-state index contributed by atoms with van der Waals surface area (Å²) in [5.41, 5.74) is 0.859. The largest absolute Gasteiger partial charge is 0.487 e. The van der Waals surface area contributed by atoms with Gasteiger partial charge in [0.15, 0.2) is 0 Å². The van der Waals surface area contributed by atoms with E-state index < -0.39 is 0 Å². The molecule has 2 amide bonds. The standard InChI is InChI=1S/C17H17BrFN3O2/c18-15-10-20-7-5-16(15)24-14-6-8-22(11-14)17(23)21-9-12-1-3-13(19)4-2-12/h1-5,7,10,14H,6,8-9,11H2,(H,21,23). The zero-order valence-corrected chi connectivity index (χ0v) is 14.5. The molecule has 0 aliphatic carbocycles. The van der Waals surface area contributed by atoms with Crippen LogP contribution < -0.4 is 10.1 Å². The van der Waals surface area contributed by atoms with Gasteiger partial charge in [-0.3, -0.25) is 4.98 Å². The molecule has 126 valence electrons. The molecular formula is C17H17BrFN3O2. The lowest BCUT2D eigenvalue weighted by Crippen LogP contribution is -2.39. The van der Waals surface area contributed by atoms with E-state index in [2.05, 4.69) is 26.2 Å². The van der Waals surface area contributed by atoms with E-state index in [4.69, 9.17) is 4.74 Å². The van der Waals surface area contributed by atoms with Crippen LogP contribution in [-0.4, -0.2) is 35.1 Å². The van der Waals surface area contributed by atoms with Crippen LogP contribution in [0.5, 0.6) is 5.75 Å². The highest BCUT2D eigenvalue weighted by Gasteiger charge is 2.27. The third kappa shape index (κ3) is 4.23. The fourth-order valence-corrected chi connectivity index (χ4v) is 2.88. The summed E-state index contributed by atoms with van der Waals surface area (Å²) in [4.78, 5) is 17.9. The number of likely N-dealkylation sites (tertiary alicyclic amines) is 1. The number of carbonyl (C=O) groups is 1. The molecule has 1 aliphatic heterocycles. The molecule has 1 aromatic heterocycles. The van der Waals surface area contributed by atoms with E-state index in [1.54, 1.807) is 35.5 Å². The van der Waals surface area contributed by atoms with Crippen molar-refractivity contribution in [1.82, 2.24) is 15.2 Å². The lowest BCUT2D eigenvalue weighted by Gasteiger charge is -2.18. The highest BCUT2D eigenvalue weighted by molar-refractivity contribution is 9.10. The molecule has 0 spiro atoms. The van der Waals surface area contributed by atoms with Gasteiger partial charge in [0.25, 0.3) is 0 Å². The van der Waals surface area contributed by atoms with Crippen molar-refractivity contribution < 1.29 is 13.9 Å². The molecule has 1 fully saturated rings. The maximum absolute atomic E-state index is 12.9. The Morgan fingerprint density at radius 3 is 2.92 bits per heavy atom. The number of aromatic nitrogens is 1. The molecule has 1 saturated heterocycles. The van der Waals surface area contributed by atoms with Crippen LogP contribution in [0.15, 0.2) is 47.2 Å². The van der Waals surface area contributed by atoms with Gasteiger partial charge in [0, 0.05) is 31.9 Å². The van der Waals surface area contributed by atoms with Gasteiger partial charge in [0.1, 0.15) is 17.7 Å². The second-order valence-electron chi connectivity index (χ2n) is 5.57. The highest BCUT2D eigenvalue weighted by atomic mass is 79.9.